The molecule has 0 aromatic heterocycles. The molecule has 0 radical (unpaired) electrons. The van der Waals surface area contributed by atoms with Gasteiger partial charge < -0.3 is 10.8 Å². The topological polar surface area (TPSA) is 46.2 Å². The molecule has 0 aliphatic rings. The van der Waals surface area contributed by atoms with Gasteiger partial charge in [-0.3, -0.25) is 0 Å². The van der Waals surface area contributed by atoms with Crippen LogP contribution in [0, 0.1) is 0 Å². The molecule has 1 rings (SSSR count). The molecule has 0 spiro atoms. The maximum absolute atomic E-state index is 8.62. The SMILES string of the molecule is Nc1cccc(Br)c1CSCCO. The maximum atomic E-state index is 8.62. The predicted molar refractivity (Wildman–Crippen MR) is 61.8 cm³/mol. The smallest absolute Gasteiger partial charge is 0.0521 e. The molecular formula is C9H12BrNOS. The van der Waals surface area contributed by atoms with Crippen LogP contribution in [0.5, 0.6) is 0 Å². The Morgan fingerprint density at radius 1 is 1.46 bits per heavy atom. The van der Waals surface area contributed by atoms with Crippen LogP contribution in [-0.2, 0) is 5.75 Å². The zero-order valence-electron chi connectivity index (χ0n) is 7.16. The lowest BCUT2D eigenvalue weighted by Crippen LogP contribution is -1.95. The van der Waals surface area contributed by atoms with Crippen LogP contribution in [0.15, 0.2) is 22.7 Å². The fourth-order valence-electron chi connectivity index (χ4n) is 0.966. The number of rotatable bonds is 4. The van der Waals surface area contributed by atoms with E-state index in [0.29, 0.717) is 0 Å². The van der Waals surface area contributed by atoms with Gasteiger partial charge in [-0.15, -0.1) is 0 Å². The van der Waals surface area contributed by atoms with E-state index in [1.807, 2.05) is 18.2 Å². The van der Waals surface area contributed by atoms with E-state index in [9.17, 15) is 0 Å². The van der Waals surface area contributed by atoms with E-state index < -0.39 is 0 Å². The van der Waals surface area contributed by atoms with Crippen LogP contribution in [0.1, 0.15) is 5.56 Å². The Kier molecular flexibility index (Phi) is 4.62. The molecule has 0 aliphatic carbocycles. The second kappa shape index (κ2) is 5.52. The third kappa shape index (κ3) is 3.21. The molecule has 72 valence electrons. The molecule has 0 fully saturated rings. The summed E-state index contributed by atoms with van der Waals surface area (Å²) < 4.78 is 1.04. The highest BCUT2D eigenvalue weighted by Gasteiger charge is 2.02. The first-order valence-electron chi connectivity index (χ1n) is 3.97. The fraction of sp³-hybridized carbons (Fsp3) is 0.333. The molecule has 0 aliphatic heterocycles. The minimum atomic E-state index is 0.217. The minimum absolute atomic E-state index is 0.217. The summed E-state index contributed by atoms with van der Waals surface area (Å²) in [5.41, 5.74) is 7.72. The average molecular weight is 262 g/mol. The zero-order valence-corrected chi connectivity index (χ0v) is 9.57. The quantitative estimate of drug-likeness (QED) is 0.646. The van der Waals surface area contributed by atoms with E-state index in [2.05, 4.69) is 15.9 Å². The summed E-state index contributed by atoms with van der Waals surface area (Å²) in [5, 5.41) is 8.62. The van der Waals surface area contributed by atoms with E-state index in [-0.39, 0.29) is 6.61 Å². The molecule has 3 N–H and O–H groups in total. The van der Waals surface area contributed by atoms with Gasteiger partial charge in [0.2, 0.25) is 0 Å². The first kappa shape index (κ1) is 10.9. The number of anilines is 1. The van der Waals surface area contributed by atoms with Crippen LogP contribution >= 0.6 is 27.7 Å². The lowest BCUT2D eigenvalue weighted by molar-refractivity contribution is 0.322. The molecule has 0 bridgehead atoms. The maximum Gasteiger partial charge on any atom is 0.0521 e. The average Bonchev–Trinajstić information content (AvgIpc) is 2.10. The largest absolute Gasteiger partial charge is 0.398 e. The van der Waals surface area contributed by atoms with Crippen molar-refractivity contribution in [2.45, 2.75) is 5.75 Å². The Balaban J connectivity index is 2.64. The summed E-state index contributed by atoms with van der Waals surface area (Å²) in [7, 11) is 0. The molecule has 1 aromatic rings. The number of nitrogen functional groups attached to an aromatic ring is 1. The number of halogens is 1. The molecule has 0 amide bonds. The Labute approximate surface area is 90.7 Å². The summed E-state index contributed by atoms with van der Waals surface area (Å²) in [4.78, 5) is 0. The number of hydrogen-bond acceptors (Lipinski definition) is 3. The number of nitrogens with two attached hydrogens (primary N) is 1. The fourth-order valence-corrected chi connectivity index (χ4v) is 2.47. The van der Waals surface area contributed by atoms with E-state index in [1.54, 1.807) is 11.8 Å². The third-order valence-electron chi connectivity index (χ3n) is 1.64. The van der Waals surface area contributed by atoms with Crippen molar-refractivity contribution < 1.29 is 5.11 Å². The first-order chi connectivity index (χ1) is 6.25. The van der Waals surface area contributed by atoms with Crippen molar-refractivity contribution in [2.24, 2.45) is 0 Å². The van der Waals surface area contributed by atoms with E-state index in [4.69, 9.17) is 10.8 Å². The van der Waals surface area contributed by atoms with Gasteiger partial charge in [0.25, 0.3) is 0 Å². The van der Waals surface area contributed by atoms with Gasteiger partial charge in [0.15, 0.2) is 0 Å². The second-order valence-corrected chi connectivity index (χ2v) is 4.54. The first-order valence-corrected chi connectivity index (χ1v) is 5.92. The summed E-state index contributed by atoms with van der Waals surface area (Å²) in [6, 6.07) is 5.78. The molecule has 1 aromatic carbocycles. The van der Waals surface area contributed by atoms with Crippen molar-refractivity contribution in [2.75, 3.05) is 18.1 Å². The molecule has 0 atom stereocenters. The highest BCUT2D eigenvalue weighted by molar-refractivity contribution is 9.10. The normalized spacial score (nSPS) is 10.3. The van der Waals surface area contributed by atoms with Gasteiger partial charge in [0, 0.05) is 21.7 Å². The predicted octanol–water partition coefficient (Wildman–Crippen LogP) is 2.26. The molecule has 4 heteroatoms. The molecule has 0 saturated heterocycles. The van der Waals surface area contributed by atoms with Gasteiger partial charge in [-0.1, -0.05) is 22.0 Å². The van der Waals surface area contributed by atoms with Crippen LogP contribution in [0.4, 0.5) is 5.69 Å². The van der Waals surface area contributed by atoms with E-state index in [1.165, 1.54) is 0 Å². The second-order valence-electron chi connectivity index (χ2n) is 2.58. The van der Waals surface area contributed by atoms with Crippen molar-refractivity contribution in [1.82, 2.24) is 0 Å². The van der Waals surface area contributed by atoms with Crippen LogP contribution < -0.4 is 5.73 Å². The summed E-state index contributed by atoms with van der Waals surface area (Å²) in [5.74, 6) is 1.59. The highest BCUT2D eigenvalue weighted by atomic mass is 79.9. The number of hydrogen-bond donors (Lipinski definition) is 2. The third-order valence-corrected chi connectivity index (χ3v) is 3.34. The zero-order chi connectivity index (χ0) is 9.68. The van der Waals surface area contributed by atoms with Crippen molar-refractivity contribution in [3.63, 3.8) is 0 Å². The Morgan fingerprint density at radius 2 is 2.23 bits per heavy atom. The lowest BCUT2D eigenvalue weighted by atomic mass is 10.2. The van der Waals surface area contributed by atoms with Crippen molar-refractivity contribution >= 4 is 33.4 Å². The number of aliphatic hydroxyl groups is 1. The highest BCUT2D eigenvalue weighted by Crippen LogP contribution is 2.26. The minimum Gasteiger partial charge on any atom is -0.398 e. The summed E-state index contributed by atoms with van der Waals surface area (Å²) in [6.07, 6.45) is 0. The van der Waals surface area contributed by atoms with Crippen LogP contribution in [0.3, 0.4) is 0 Å². The van der Waals surface area contributed by atoms with Crippen LogP contribution in [0.2, 0.25) is 0 Å². The Morgan fingerprint density at radius 3 is 2.85 bits per heavy atom. The molecular weight excluding hydrogens is 250 g/mol. The van der Waals surface area contributed by atoms with Crippen molar-refractivity contribution in [1.29, 1.82) is 0 Å². The van der Waals surface area contributed by atoms with Crippen LogP contribution in [0.25, 0.3) is 0 Å². The van der Waals surface area contributed by atoms with Gasteiger partial charge in [-0.05, 0) is 17.7 Å². The lowest BCUT2D eigenvalue weighted by Gasteiger charge is -2.06. The molecule has 2 nitrogen and oxygen atoms in total. The number of aliphatic hydroxyl groups excluding tert-OH is 1. The van der Waals surface area contributed by atoms with Gasteiger partial charge in [0.1, 0.15) is 0 Å². The Bertz CT molecular complexity index is 260. The molecule has 0 heterocycles. The number of benzene rings is 1. The summed E-state index contributed by atoms with van der Waals surface area (Å²) >= 11 is 5.12. The molecule has 13 heavy (non-hydrogen) atoms. The van der Waals surface area contributed by atoms with Crippen molar-refractivity contribution in [3.8, 4) is 0 Å². The Hall–Kier alpha value is -0.190. The number of thioether (sulfide) groups is 1. The summed E-state index contributed by atoms with van der Waals surface area (Å²) in [6.45, 7) is 0.217. The van der Waals surface area contributed by atoms with E-state index >= 15 is 0 Å². The monoisotopic (exact) mass is 261 g/mol. The van der Waals surface area contributed by atoms with Gasteiger partial charge >= 0.3 is 0 Å². The standard InChI is InChI=1S/C9H12BrNOS/c10-8-2-1-3-9(11)7(8)6-13-5-4-12/h1-3,12H,4-6,11H2. The van der Waals surface area contributed by atoms with Gasteiger partial charge in [-0.2, -0.15) is 11.8 Å². The van der Waals surface area contributed by atoms with Gasteiger partial charge in [-0.25, -0.2) is 0 Å². The van der Waals surface area contributed by atoms with Gasteiger partial charge in [0.05, 0.1) is 6.61 Å². The molecule has 0 unspecified atom stereocenters. The van der Waals surface area contributed by atoms with Crippen molar-refractivity contribution in [3.05, 3.63) is 28.2 Å². The van der Waals surface area contributed by atoms with Crippen LogP contribution in [-0.4, -0.2) is 17.5 Å². The molecule has 0 saturated carbocycles. The van der Waals surface area contributed by atoms with E-state index in [0.717, 1.165) is 27.2 Å².